The molecule has 0 aliphatic heterocycles. The van der Waals surface area contributed by atoms with E-state index in [-0.39, 0.29) is 0 Å². The Labute approximate surface area is 129 Å². The summed E-state index contributed by atoms with van der Waals surface area (Å²) in [7, 11) is 0. The molecule has 0 heterocycles. The zero-order valence-corrected chi connectivity index (χ0v) is 13.5. The van der Waals surface area contributed by atoms with Crippen LogP contribution in [0, 0.1) is 13.8 Å². The van der Waals surface area contributed by atoms with Gasteiger partial charge in [-0.25, -0.2) is 0 Å². The summed E-state index contributed by atoms with van der Waals surface area (Å²) in [6.45, 7) is 8.72. The number of hydrogen-bond acceptors (Lipinski definition) is 1. The predicted molar refractivity (Wildman–Crippen MR) is 92.0 cm³/mol. The molecule has 2 rings (SSSR count). The summed E-state index contributed by atoms with van der Waals surface area (Å²) >= 11 is 0. The number of benzene rings is 2. The van der Waals surface area contributed by atoms with Crippen molar-refractivity contribution in [3.63, 3.8) is 0 Å². The summed E-state index contributed by atoms with van der Waals surface area (Å²) < 4.78 is 0. The fourth-order valence-electron chi connectivity index (χ4n) is 2.96. The fourth-order valence-corrected chi connectivity index (χ4v) is 2.96. The number of rotatable bonds is 7. The van der Waals surface area contributed by atoms with Gasteiger partial charge in [0.25, 0.3) is 0 Å². The molecular weight excluding hydrogens is 254 g/mol. The lowest BCUT2D eigenvalue weighted by atomic mass is 9.90. The van der Waals surface area contributed by atoms with Crippen LogP contribution in [0.15, 0.2) is 48.5 Å². The standard InChI is InChI=1S/C20H27N/c1-4-10-21-15-20(19-8-6-5-7-9-19)14-18-12-16(2)11-17(3)13-18/h5-9,11-13,20-21H,4,10,14-15H2,1-3H3. The Bertz CT molecular complexity index is 525. The van der Waals surface area contributed by atoms with Gasteiger partial charge in [0.1, 0.15) is 0 Å². The Hall–Kier alpha value is -1.60. The molecule has 0 bridgehead atoms. The maximum absolute atomic E-state index is 3.58. The second-order valence-electron chi connectivity index (χ2n) is 6.01. The first-order valence-corrected chi connectivity index (χ1v) is 8.02. The van der Waals surface area contributed by atoms with Crippen molar-refractivity contribution in [3.8, 4) is 0 Å². The number of nitrogens with one attached hydrogen (secondary N) is 1. The van der Waals surface area contributed by atoms with Crippen LogP contribution in [0.3, 0.4) is 0 Å². The third-order valence-electron chi connectivity index (χ3n) is 3.85. The Morgan fingerprint density at radius 1 is 0.952 bits per heavy atom. The van der Waals surface area contributed by atoms with E-state index in [2.05, 4.69) is 74.6 Å². The average Bonchev–Trinajstić information content (AvgIpc) is 2.46. The van der Waals surface area contributed by atoms with Gasteiger partial charge in [0.15, 0.2) is 0 Å². The molecule has 1 atom stereocenters. The topological polar surface area (TPSA) is 12.0 Å². The van der Waals surface area contributed by atoms with E-state index in [1.807, 2.05) is 0 Å². The normalized spacial score (nSPS) is 12.3. The van der Waals surface area contributed by atoms with Crippen LogP contribution in [0.4, 0.5) is 0 Å². The molecule has 0 aromatic heterocycles. The van der Waals surface area contributed by atoms with Gasteiger partial charge in [0.2, 0.25) is 0 Å². The lowest BCUT2D eigenvalue weighted by Crippen LogP contribution is -2.23. The molecule has 1 unspecified atom stereocenters. The maximum Gasteiger partial charge on any atom is 0.00233 e. The minimum Gasteiger partial charge on any atom is -0.316 e. The van der Waals surface area contributed by atoms with Crippen molar-refractivity contribution >= 4 is 0 Å². The first kappa shape index (κ1) is 15.8. The molecule has 0 radical (unpaired) electrons. The summed E-state index contributed by atoms with van der Waals surface area (Å²) in [6, 6.07) is 17.8. The van der Waals surface area contributed by atoms with Gasteiger partial charge < -0.3 is 5.32 Å². The Morgan fingerprint density at radius 3 is 2.24 bits per heavy atom. The minimum atomic E-state index is 0.541. The SMILES string of the molecule is CCCNCC(Cc1cc(C)cc(C)c1)c1ccccc1. The van der Waals surface area contributed by atoms with Gasteiger partial charge in [-0.1, -0.05) is 66.6 Å². The van der Waals surface area contributed by atoms with Crippen molar-refractivity contribution in [1.82, 2.24) is 5.32 Å². The van der Waals surface area contributed by atoms with Gasteiger partial charge in [-0.3, -0.25) is 0 Å². The lowest BCUT2D eigenvalue weighted by molar-refractivity contribution is 0.576. The first-order chi connectivity index (χ1) is 10.2. The van der Waals surface area contributed by atoms with Crippen LogP contribution in [0.2, 0.25) is 0 Å². The Morgan fingerprint density at radius 2 is 1.62 bits per heavy atom. The summed E-state index contributed by atoms with van der Waals surface area (Å²) in [4.78, 5) is 0. The van der Waals surface area contributed by atoms with Crippen LogP contribution in [0.5, 0.6) is 0 Å². The van der Waals surface area contributed by atoms with Gasteiger partial charge in [0, 0.05) is 12.5 Å². The fraction of sp³-hybridized carbons (Fsp3) is 0.400. The predicted octanol–water partition coefficient (Wildman–Crippen LogP) is 4.63. The summed E-state index contributed by atoms with van der Waals surface area (Å²) in [5, 5.41) is 3.58. The zero-order chi connectivity index (χ0) is 15.1. The van der Waals surface area contributed by atoms with E-state index < -0.39 is 0 Å². The summed E-state index contributed by atoms with van der Waals surface area (Å²) in [5.41, 5.74) is 5.59. The first-order valence-electron chi connectivity index (χ1n) is 8.02. The van der Waals surface area contributed by atoms with Gasteiger partial charge in [-0.05, 0) is 44.4 Å². The highest BCUT2D eigenvalue weighted by atomic mass is 14.8. The monoisotopic (exact) mass is 281 g/mol. The molecule has 0 spiro atoms. The van der Waals surface area contributed by atoms with E-state index >= 15 is 0 Å². The van der Waals surface area contributed by atoms with Gasteiger partial charge in [0.05, 0.1) is 0 Å². The largest absolute Gasteiger partial charge is 0.316 e. The van der Waals surface area contributed by atoms with Crippen molar-refractivity contribution in [2.45, 2.75) is 39.5 Å². The van der Waals surface area contributed by atoms with Crippen LogP contribution in [0.1, 0.15) is 41.5 Å². The molecule has 112 valence electrons. The minimum absolute atomic E-state index is 0.541. The molecule has 0 fully saturated rings. The second kappa shape index (κ2) is 7.99. The van der Waals surface area contributed by atoms with E-state index in [9.17, 15) is 0 Å². The van der Waals surface area contributed by atoms with Crippen LogP contribution >= 0.6 is 0 Å². The molecule has 0 amide bonds. The van der Waals surface area contributed by atoms with E-state index in [0.717, 1.165) is 19.5 Å². The quantitative estimate of drug-likeness (QED) is 0.730. The number of aryl methyl sites for hydroxylation is 2. The molecule has 0 aliphatic rings. The molecule has 2 aromatic rings. The van der Waals surface area contributed by atoms with E-state index in [1.165, 1.54) is 28.7 Å². The Kier molecular flexibility index (Phi) is 6.01. The number of hydrogen-bond donors (Lipinski definition) is 1. The van der Waals surface area contributed by atoms with Crippen molar-refractivity contribution in [2.75, 3.05) is 13.1 Å². The van der Waals surface area contributed by atoms with Crippen molar-refractivity contribution < 1.29 is 0 Å². The van der Waals surface area contributed by atoms with E-state index in [1.54, 1.807) is 0 Å². The molecular formula is C20H27N. The third-order valence-corrected chi connectivity index (χ3v) is 3.85. The average molecular weight is 281 g/mol. The highest BCUT2D eigenvalue weighted by Crippen LogP contribution is 2.21. The van der Waals surface area contributed by atoms with E-state index in [0.29, 0.717) is 5.92 Å². The van der Waals surface area contributed by atoms with Crippen LogP contribution in [0.25, 0.3) is 0 Å². The summed E-state index contributed by atoms with van der Waals surface area (Å²) in [5.74, 6) is 0.541. The smallest absolute Gasteiger partial charge is 0.00233 e. The second-order valence-corrected chi connectivity index (χ2v) is 6.01. The molecule has 1 N–H and O–H groups in total. The highest BCUT2D eigenvalue weighted by molar-refractivity contribution is 5.31. The molecule has 2 aromatic carbocycles. The molecule has 21 heavy (non-hydrogen) atoms. The Balaban J connectivity index is 2.15. The highest BCUT2D eigenvalue weighted by Gasteiger charge is 2.12. The maximum atomic E-state index is 3.58. The molecule has 0 aliphatic carbocycles. The lowest BCUT2D eigenvalue weighted by Gasteiger charge is -2.19. The van der Waals surface area contributed by atoms with Gasteiger partial charge in [-0.15, -0.1) is 0 Å². The molecule has 0 saturated carbocycles. The van der Waals surface area contributed by atoms with Crippen LogP contribution in [-0.4, -0.2) is 13.1 Å². The van der Waals surface area contributed by atoms with Gasteiger partial charge in [-0.2, -0.15) is 0 Å². The van der Waals surface area contributed by atoms with E-state index in [4.69, 9.17) is 0 Å². The zero-order valence-electron chi connectivity index (χ0n) is 13.5. The third kappa shape index (κ3) is 5.02. The molecule has 1 heteroatoms. The molecule has 1 nitrogen and oxygen atoms in total. The van der Waals surface area contributed by atoms with Crippen LogP contribution < -0.4 is 5.32 Å². The van der Waals surface area contributed by atoms with Crippen molar-refractivity contribution in [1.29, 1.82) is 0 Å². The van der Waals surface area contributed by atoms with Crippen LogP contribution in [-0.2, 0) is 6.42 Å². The molecule has 0 saturated heterocycles. The summed E-state index contributed by atoms with van der Waals surface area (Å²) in [6.07, 6.45) is 2.29. The van der Waals surface area contributed by atoms with Crippen molar-refractivity contribution in [2.24, 2.45) is 0 Å². The van der Waals surface area contributed by atoms with Crippen molar-refractivity contribution in [3.05, 3.63) is 70.8 Å². The van der Waals surface area contributed by atoms with Gasteiger partial charge >= 0.3 is 0 Å².